The van der Waals surface area contributed by atoms with Gasteiger partial charge in [0.1, 0.15) is 0 Å². The molecule has 4 aromatic heterocycles. The Labute approximate surface area is 287 Å². The van der Waals surface area contributed by atoms with E-state index in [0.29, 0.717) is 11.5 Å². The van der Waals surface area contributed by atoms with Crippen LogP contribution in [0.3, 0.4) is 0 Å². The van der Waals surface area contributed by atoms with Crippen molar-refractivity contribution in [2.75, 3.05) is 0 Å². The SMILES string of the molecule is Cc1nn(-c2[c-]c(Oc3[c-]c(-c4cc(C(C)(C)C)ccn4)n4c(C)c(C)nc4c3)cc(C(C)(C)C)c2)c(C)c1-c1ccccc1.[Pt+2]. The minimum absolute atomic E-state index is 0. The van der Waals surface area contributed by atoms with Gasteiger partial charge < -0.3 is 14.1 Å². The Balaban J connectivity index is 0.00000417. The van der Waals surface area contributed by atoms with E-state index < -0.39 is 0 Å². The van der Waals surface area contributed by atoms with E-state index in [-0.39, 0.29) is 31.9 Å². The van der Waals surface area contributed by atoms with E-state index in [1.165, 1.54) is 5.56 Å². The molecule has 6 rings (SSSR count). The van der Waals surface area contributed by atoms with Crippen molar-refractivity contribution >= 4 is 5.65 Å². The smallest absolute Gasteiger partial charge is 0.509 e. The summed E-state index contributed by atoms with van der Waals surface area (Å²) in [6.45, 7) is 21.5. The van der Waals surface area contributed by atoms with Crippen molar-refractivity contribution < 1.29 is 25.8 Å². The molecule has 0 radical (unpaired) electrons. The second-order valence-corrected chi connectivity index (χ2v) is 13.9. The number of fused-ring (bicyclic) bond motifs is 1. The van der Waals surface area contributed by atoms with Gasteiger partial charge in [0.25, 0.3) is 0 Å². The molecule has 0 atom stereocenters. The summed E-state index contributed by atoms with van der Waals surface area (Å²) in [5.41, 5.74) is 11.7. The van der Waals surface area contributed by atoms with Crippen LogP contribution >= 0.6 is 0 Å². The first-order valence-corrected chi connectivity index (χ1v) is 15.5. The minimum Gasteiger partial charge on any atom is -0.509 e. The van der Waals surface area contributed by atoms with Crippen molar-refractivity contribution in [1.82, 2.24) is 24.1 Å². The number of aryl methyl sites for hydroxylation is 3. The Hall–Kier alpha value is -4.02. The fourth-order valence-corrected chi connectivity index (χ4v) is 5.75. The van der Waals surface area contributed by atoms with Crippen molar-refractivity contribution in [3.63, 3.8) is 0 Å². The van der Waals surface area contributed by atoms with E-state index in [4.69, 9.17) is 19.8 Å². The summed E-state index contributed by atoms with van der Waals surface area (Å²) in [5, 5.41) is 4.96. The van der Waals surface area contributed by atoms with Gasteiger partial charge in [0.05, 0.1) is 17.0 Å². The summed E-state index contributed by atoms with van der Waals surface area (Å²) in [6, 6.07) is 27.8. The number of rotatable bonds is 5. The number of benzene rings is 2. The third-order valence-electron chi connectivity index (χ3n) is 8.46. The van der Waals surface area contributed by atoms with Crippen LogP contribution in [0.25, 0.3) is 33.8 Å². The normalized spacial score (nSPS) is 12.0. The summed E-state index contributed by atoms with van der Waals surface area (Å²) in [4.78, 5) is 9.62. The van der Waals surface area contributed by atoms with Crippen LogP contribution in [0.2, 0.25) is 0 Å². The molecule has 6 nitrogen and oxygen atoms in total. The fraction of sp³-hybridized carbons (Fsp3) is 0.308. The maximum absolute atomic E-state index is 6.62. The molecule has 7 heteroatoms. The predicted octanol–water partition coefficient (Wildman–Crippen LogP) is 9.47. The molecule has 0 fully saturated rings. The predicted molar refractivity (Wildman–Crippen MR) is 182 cm³/mol. The molecular formula is C39H41N5OPt. The van der Waals surface area contributed by atoms with Crippen LogP contribution in [0.5, 0.6) is 11.5 Å². The summed E-state index contributed by atoms with van der Waals surface area (Å²) >= 11 is 0. The van der Waals surface area contributed by atoms with Gasteiger partial charge in [0.15, 0.2) is 0 Å². The van der Waals surface area contributed by atoms with Crippen LogP contribution in [0, 0.1) is 39.8 Å². The van der Waals surface area contributed by atoms with E-state index in [9.17, 15) is 0 Å². The van der Waals surface area contributed by atoms with E-state index in [1.54, 1.807) is 0 Å². The van der Waals surface area contributed by atoms with E-state index in [0.717, 1.165) is 62.2 Å². The van der Waals surface area contributed by atoms with Gasteiger partial charge in [-0.25, -0.2) is 4.98 Å². The van der Waals surface area contributed by atoms with Crippen LogP contribution in [0.4, 0.5) is 0 Å². The summed E-state index contributed by atoms with van der Waals surface area (Å²) < 4.78 is 10.7. The molecule has 0 saturated carbocycles. The molecule has 238 valence electrons. The molecule has 0 aliphatic heterocycles. The molecule has 0 unspecified atom stereocenters. The van der Waals surface area contributed by atoms with E-state index in [2.05, 4.69) is 127 Å². The van der Waals surface area contributed by atoms with Gasteiger partial charge in [0.2, 0.25) is 0 Å². The maximum atomic E-state index is 6.62. The second-order valence-electron chi connectivity index (χ2n) is 13.9. The molecule has 0 saturated heterocycles. The van der Waals surface area contributed by atoms with Gasteiger partial charge >= 0.3 is 21.1 Å². The molecule has 2 aromatic carbocycles. The Morgan fingerprint density at radius 2 is 1.39 bits per heavy atom. The fourth-order valence-electron chi connectivity index (χ4n) is 5.75. The number of pyridine rings is 2. The molecule has 0 amide bonds. The van der Waals surface area contributed by atoms with Crippen molar-refractivity contribution in [2.45, 2.75) is 80.1 Å². The van der Waals surface area contributed by atoms with Crippen LogP contribution in [0.15, 0.2) is 66.9 Å². The molecular weight excluding hydrogens is 750 g/mol. The third-order valence-corrected chi connectivity index (χ3v) is 8.46. The largest absolute Gasteiger partial charge is 2.00 e. The number of hydrogen-bond acceptors (Lipinski definition) is 4. The number of ether oxygens (including phenoxy) is 1. The summed E-state index contributed by atoms with van der Waals surface area (Å²) in [5.74, 6) is 1.14. The zero-order valence-corrected chi connectivity index (χ0v) is 30.6. The first-order chi connectivity index (χ1) is 21.2. The maximum Gasteiger partial charge on any atom is 2.00 e. The topological polar surface area (TPSA) is 57.2 Å². The van der Waals surface area contributed by atoms with Crippen molar-refractivity contribution in [3.8, 4) is 39.7 Å². The van der Waals surface area contributed by atoms with Crippen molar-refractivity contribution in [3.05, 3.63) is 113 Å². The number of aromatic nitrogens is 5. The Morgan fingerprint density at radius 3 is 2.07 bits per heavy atom. The average Bonchev–Trinajstić information content (AvgIpc) is 3.45. The summed E-state index contributed by atoms with van der Waals surface area (Å²) in [7, 11) is 0. The number of hydrogen-bond donors (Lipinski definition) is 0. The minimum atomic E-state index is -0.131. The van der Waals surface area contributed by atoms with Crippen molar-refractivity contribution in [2.24, 2.45) is 0 Å². The number of imidazole rings is 1. The first-order valence-electron chi connectivity index (χ1n) is 15.5. The molecule has 0 aliphatic rings. The van der Waals surface area contributed by atoms with Crippen LogP contribution in [0.1, 0.15) is 75.4 Å². The van der Waals surface area contributed by atoms with Gasteiger partial charge in [-0.1, -0.05) is 89.6 Å². The standard InChI is InChI=1S/C39H41N5O.Pt/c1-24-26(3)43-35(34-20-29(16-17-40-34)38(5,6)7)22-33(23-36(43)41-24)45-32-19-30(39(8,9)10)18-31(21-32)44-27(4)37(25(2)42-44)28-14-12-11-13-15-28;/h11-20,23H,1-10H3;/q-2;+2. The van der Waals surface area contributed by atoms with E-state index >= 15 is 0 Å². The van der Waals surface area contributed by atoms with Gasteiger partial charge in [-0.15, -0.1) is 29.8 Å². The monoisotopic (exact) mass is 790 g/mol. The van der Waals surface area contributed by atoms with Crippen LogP contribution < -0.4 is 4.74 Å². The second kappa shape index (κ2) is 12.3. The molecule has 4 heterocycles. The van der Waals surface area contributed by atoms with Crippen LogP contribution in [-0.4, -0.2) is 24.1 Å². The Kier molecular flexibility index (Phi) is 8.91. The zero-order chi connectivity index (χ0) is 32.3. The Bertz CT molecular complexity index is 2040. The molecule has 46 heavy (non-hydrogen) atoms. The first kappa shape index (κ1) is 33.3. The molecule has 0 aliphatic carbocycles. The van der Waals surface area contributed by atoms with Gasteiger partial charge in [-0.05, 0) is 67.2 Å². The Morgan fingerprint density at radius 1 is 0.717 bits per heavy atom. The van der Waals surface area contributed by atoms with Crippen molar-refractivity contribution in [1.29, 1.82) is 0 Å². The quantitative estimate of drug-likeness (QED) is 0.164. The van der Waals surface area contributed by atoms with Gasteiger partial charge in [-0.3, -0.25) is 4.68 Å². The molecule has 0 bridgehead atoms. The molecule has 0 spiro atoms. The number of nitrogens with zero attached hydrogens (tertiary/aromatic N) is 5. The average molecular weight is 791 g/mol. The van der Waals surface area contributed by atoms with Gasteiger partial charge in [0, 0.05) is 34.6 Å². The summed E-state index contributed by atoms with van der Waals surface area (Å²) in [6.07, 6.45) is 1.87. The zero-order valence-electron chi connectivity index (χ0n) is 28.3. The van der Waals surface area contributed by atoms with Gasteiger partial charge in [-0.2, -0.15) is 5.10 Å². The van der Waals surface area contributed by atoms with E-state index in [1.807, 2.05) is 29.9 Å². The molecule has 6 aromatic rings. The molecule has 0 N–H and O–H groups in total. The van der Waals surface area contributed by atoms with Crippen LogP contribution in [-0.2, 0) is 31.9 Å². The third kappa shape index (κ3) is 6.33.